The number of nitrogen functional groups attached to an aromatic ring is 1. The first kappa shape index (κ1) is 13.7. The minimum Gasteiger partial charge on any atom is -0.489 e. The summed E-state index contributed by atoms with van der Waals surface area (Å²) >= 11 is 11.9. The van der Waals surface area contributed by atoms with Gasteiger partial charge in [0.05, 0.1) is 12.1 Å². The molecule has 8 heteroatoms. The van der Waals surface area contributed by atoms with Gasteiger partial charge in [0, 0.05) is 0 Å². The molecule has 0 saturated carbocycles. The number of hydrogen-bond acceptors (Lipinski definition) is 6. The van der Waals surface area contributed by atoms with Crippen molar-refractivity contribution in [2.24, 2.45) is 5.84 Å². The minimum atomic E-state index is 0.176. The highest BCUT2D eigenvalue weighted by molar-refractivity contribution is 6.42. The number of ether oxygens (including phenoxy) is 2. The van der Waals surface area contributed by atoms with Crippen molar-refractivity contribution in [3.63, 3.8) is 0 Å². The number of halogens is 2. The molecule has 0 radical (unpaired) electrons. The van der Waals surface area contributed by atoms with Gasteiger partial charge in [0.1, 0.15) is 17.1 Å². The number of nitrogens with two attached hydrogens (primary N) is 1. The van der Waals surface area contributed by atoms with Crippen LogP contribution in [0.3, 0.4) is 0 Å². The van der Waals surface area contributed by atoms with E-state index in [2.05, 4.69) is 15.4 Å². The monoisotopic (exact) mass is 300 g/mol. The quantitative estimate of drug-likeness (QED) is 0.667. The van der Waals surface area contributed by atoms with Crippen molar-refractivity contribution in [2.75, 3.05) is 12.5 Å². The van der Waals surface area contributed by atoms with Gasteiger partial charge in [-0.2, -0.15) is 4.98 Å². The Bertz CT molecular complexity index is 595. The molecule has 0 amide bonds. The van der Waals surface area contributed by atoms with Gasteiger partial charge in [-0.15, -0.1) is 0 Å². The highest BCUT2D eigenvalue weighted by Gasteiger charge is 2.15. The fourth-order valence-corrected chi connectivity index (χ4v) is 1.71. The third-order valence-electron chi connectivity index (χ3n) is 2.23. The summed E-state index contributed by atoms with van der Waals surface area (Å²) in [6.45, 7) is 0. The summed E-state index contributed by atoms with van der Waals surface area (Å²) < 4.78 is 10.7. The molecule has 0 unspecified atom stereocenters. The van der Waals surface area contributed by atoms with Crippen LogP contribution in [0.4, 0.5) is 5.82 Å². The maximum Gasteiger partial charge on any atom is 0.268 e. The fraction of sp³-hybridized carbons (Fsp3) is 0.0909. The number of rotatable bonds is 4. The molecule has 100 valence electrons. The van der Waals surface area contributed by atoms with E-state index >= 15 is 0 Å². The van der Waals surface area contributed by atoms with Crippen molar-refractivity contribution in [3.05, 3.63) is 34.6 Å². The third-order valence-corrected chi connectivity index (χ3v) is 3.04. The molecule has 0 aliphatic rings. The summed E-state index contributed by atoms with van der Waals surface area (Å²) in [5.74, 6) is 6.41. The highest BCUT2D eigenvalue weighted by atomic mass is 35.5. The Kier molecular flexibility index (Phi) is 4.26. The number of hydrazine groups is 1. The third kappa shape index (κ3) is 2.81. The molecule has 2 rings (SSSR count). The summed E-state index contributed by atoms with van der Waals surface area (Å²) in [6.07, 6.45) is 1.28. The van der Waals surface area contributed by atoms with Crippen molar-refractivity contribution in [1.82, 2.24) is 9.97 Å². The van der Waals surface area contributed by atoms with E-state index in [4.69, 9.17) is 38.5 Å². The van der Waals surface area contributed by atoms with Crippen LogP contribution in [0.2, 0.25) is 10.0 Å². The van der Waals surface area contributed by atoms with Gasteiger partial charge in [-0.25, -0.2) is 10.8 Å². The Hall–Kier alpha value is -1.76. The van der Waals surface area contributed by atoms with Crippen molar-refractivity contribution in [1.29, 1.82) is 0 Å². The molecule has 0 aliphatic heterocycles. The van der Waals surface area contributed by atoms with Gasteiger partial charge >= 0.3 is 0 Å². The van der Waals surface area contributed by atoms with Gasteiger partial charge < -0.3 is 14.9 Å². The van der Waals surface area contributed by atoms with E-state index in [9.17, 15) is 0 Å². The Morgan fingerprint density at radius 3 is 2.74 bits per heavy atom. The maximum absolute atomic E-state index is 6.03. The zero-order chi connectivity index (χ0) is 13.8. The molecule has 0 atom stereocenters. The summed E-state index contributed by atoms with van der Waals surface area (Å²) in [7, 11) is 1.45. The molecule has 1 aromatic heterocycles. The van der Waals surface area contributed by atoms with E-state index in [1.807, 2.05) is 0 Å². The van der Waals surface area contributed by atoms with Crippen LogP contribution in [0.25, 0.3) is 0 Å². The van der Waals surface area contributed by atoms with E-state index in [-0.39, 0.29) is 16.7 Å². The second kappa shape index (κ2) is 5.92. The fourth-order valence-electron chi connectivity index (χ4n) is 1.38. The lowest BCUT2D eigenvalue weighted by Crippen LogP contribution is -2.11. The number of aromatic nitrogens is 2. The Morgan fingerprint density at radius 1 is 1.26 bits per heavy atom. The van der Waals surface area contributed by atoms with Crippen molar-refractivity contribution in [3.8, 4) is 17.4 Å². The van der Waals surface area contributed by atoms with Gasteiger partial charge in [-0.05, 0) is 12.1 Å². The molecule has 19 heavy (non-hydrogen) atoms. The first-order valence-electron chi connectivity index (χ1n) is 5.14. The van der Waals surface area contributed by atoms with Crippen LogP contribution < -0.4 is 20.7 Å². The van der Waals surface area contributed by atoms with Crippen LogP contribution in [0, 0.1) is 0 Å². The van der Waals surface area contributed by atoms with E-state index in [1.165, 1.54) is 13.4 Å². The van der Waals surface area contributed by atoms with Gasteiger partial charge in [-0.3, -0.25) is 0 Å². The van der Waals surface area contributed by atoms with E-state index < -0.39 is 0 Å². The normalized spacial score (nSPS) is 10.1. The highest BCUT2D eigenvalue weighted by Crippen LogP contribution is 2.38. The smallest absolute Gasteiger partial charge is 0.268 e. The Labute approximate surface area is 119 Å². The Morgan fingerprint density at radius 2 is 2.05 bits per heavy atom. The predicted molar refractivity (Wildman–Crippen MR) is 72.9 cm³/mol. The van der Waals surface area contributed by atoms with Crippen LogP contribution in [-0.2, 0) is 0 Å². The molecule has 3 N–H and O–H groups in total. The summed E-state index contributed by atoms with van der Waals surface area (Å²) in [6, 6.07) is 5.02. The number of hydrogen-bond donors (Lipinski definition) is 2. The second-order valence-electron chi connectivity index (χ2n) is 3.36. The lowest BCUT2D eigenvalue weighted by Gasteiger charge is -2.12. The van der Waals surface area contributed by atoms with E-state index in [0.29, 0.717) is 16.6 Å². The number of benzene rings is 1. The van der Waals surface area contributed by atoms with Crippen LogP contribution in [0.15, 0.2) is 24.5 Å². The first-order valence-corrected chi connectivity index (χ1v) is 5.90. The summed E-state index contributed by atoms with van der Waals surface area (Å²) in [5.41, 5.74) is 2.38. The molecule has 0 fully saturated rings. The molecule has 2 aromatic rings. The molecule has 0 saturated heterocycles. The van der Waals surface area contributed by atoms with Crippen molar-refractivity contribution in [2.45, 2.75) is 0 Å². The lowest BCUT2D eigenvalue weighted by atomic mass is 10.3. The van der Waals surface area contributed by atoms with Crippen molar-refractivity contribution < 1.29 is 9.47 Å². The van der Waals surface area contributed by atoms with Crippen molar-refractivity contribution >= 4 is 29.0 Å². The molecule has 0 aliphatic carbocycles. The number of nitrogens with one attached hydrogen (secondary N) is 1. The summed E-state index contributed by atoms with van der Waals surface area (Å²) in [5, 5.41) is 0.663. The van der Waals surface area contributed by atoms with E-state index in [0.717, 1.165) is 0 Å². The second-order valence-corrected chi connectivity index (χ2v) is 4.14. The largest absolute Gasteiger partial charge is 0.489 e. The molecule has 0 spiro atoms. The average Bonchev–Trinajstić information content (AvgIpc) is 2.43. The maximum atomic E-state index is 6.03. The molecular formula is C11H10Cl2N4O2. The van der Waals surface area contributed by atoms with Crippen LogP contribution in [0.1, 0.15) is 0 Å². The topological polar surface area (TPSA) is 82.3 Å². The molecule has 1 aromatic carbocycles. The standard InChI is InChI=1S/C11H10Cl2N4O2/c1-18-9-10(17-14)15-5-16-11(9)19-7-4-2-3-6(12)8(7)13/h2-5H,14H2,1H3,(H,15,16,17). The number of nitrogens with zero attached hydrogens (tertiary/aromatic N) is 2. The molecular weight excluding hydrogens is 291 g/mol. The number of methoxy groups -OCH3 is 1. The number of anilines is 1. The summed E-state index contributed by atoms with van der Waals surface area (Å²) in [4.78, 5) is 7.87. The van der Waals surface area contributed by atoms with Crippen LogP contribution in [0.5, 0.6) is 17.4 Å². The van der Waals surface area contributed by atoms with Crippen LogP contribution in [-0.4, -0.2) is 17.1 Å². The lowest BCUT2D eigenvalue weighted by molar-refractivity contribution is 0.369. The first-order chi connectivity index (χ1) is 9.17. The molecule has 0 bridgehead atoms. The van der Waals surface area contributed by atoms with E-state index in [1.54, 1.807) is 18.2 Å². The SMILES string of the molecule is COc1c(NN)ncnc1Oc1cccc(Cl)c1Cl. The van der Waals surface area contributed by atoms with Gasteiger partial charge in [-0.1, -0.05) is 29.3 Å². The van der Waals surface area contributed by atoms with Gasteiger partial charge in [0.15, 0.2) is 5.82 Å². The van der Waals surface area contributed by atoms with Gasteiger partial charge in [0.2, 0.25) is 5.75 Å². The van der Waals surface area contributed by atoms with Gasteiger partial charge in [0.25, 0.3) is 5.88 Å². The predicted octanol–water partition coefficient (Wildman–Crippen LogP) is 2.87. The van der Waals surface area contributed by atoms with Crippen LogP contribution >= 0.6 is 23.2 Å². The Balaban J connectivity index is 2.41. The average molecular weight is 301 g/mol. The zero-order valence-electron chi connectivity index (χ0n) is 9.85. The molecule has 1 heterocycles. The zero-order valence-corrected chi connectivity index (χ0v) is 11.4. The minimum absolute atomic E-state index is 0.176. The molecule has 6 nitrogen and oxygen atoms in total.